The standard InChI is InChI=1S/C18H13ClF3N7O2S/c1-10-6-14(16(23-8-10)17-27-25-9-29(17)15-4-5-24-26-15)28-32(30,31)11-2-3-13(19)12(7-11)18(20,21)22/h2-9,28H,1H3,(H,24,26). The minimum absolute atomic E-state index is 0.00211. The van der Waals surface area contributed by atoms with Gasteiger partial charge in [0, 0.05) is 12.3 Å². The summed E-state index contributed by atoms with van der Waals surface area (Å²) in [5.74, 6) is 0.674. The number of aryl methyl sites for hydroxylation is 1. The number of benzene rings is 1. The van der Waals surface area contributed by atoms with Crippen molar-refractivity contribution in [2.75, 3.05) is 4.72 Å². The summed E-state index contributed by atoms with van der Waals surface area (Å²) in [6.45, 7) is 1.68. The Kier molecular flexibility index (Phi) is 5.38. The molecule has 0 radical (unpaired) electrons. The third-order valence-corrected chi connectivity index (χ3v) is 6.02. The lowest BCUT2D eigenvalue weighted by Crippen LogP contribution is -2.16. The average molecular weight is 484 g/mol. The van der Waals surface area contributed by atoms with Crippen molar-refractivity contribution in [2.45, 2.75) is 18.0 Å². The molecule has 0 spiro atoms. The Hall–Kier alpha value is -3.45. The van der Waals surface area contributed by atoms with Gasteiger partial charge in [-0.3, -0.25) is 19.4 Å². The van der Waals surface area contributed by atoms with E-state index in [1.54, 1.807) is 13.0 Å². The molecule has 4 aromatic rings. The lowest BCUT2D eigenvalue weighted by atomic mass is 10.2. The van der Waals surface area contributed by atoms with Crippen molar-refractivity contribution in [1.82, 2.24) is 29.9 Å². The molecule has 0 fully saturated rings. The highest BCUT2D eigenvalue weighted by Crippen LogP contribution is 2.36. The molecule has 2 N–H and O–H groups in total. The fourth-order valence-electron chi connectivity index (χ4n) is 2.87. The van der Waals surface area contributed by atoms with Crippen LogP contribution in [0.15, 0.2) is 53.9 Å². The topological polar surface area (TPSA) is 118 Å². The highest BCUT2D eigenvalue weighted by Gasteiger charge is 2.34. The molecule has 14 heteroatoms. The van der Waals surface area contributed by atoms with Crippen LogP contribution in [0.1, 0.15) is 11.1 Å². The number of hydrogen-bond acceptors (Lipinski definition) is 6. The SMILES string of the molecule is Cc1cnc(-c2nncn2-c2ccn[nH]2)c(NS(=O)(=O)c2ccc(Cl)c(C(F)(F)F)c2)c1. The van der Waals surface area contributed by atoms with Crippen LogP contribution in [0.3, 0.4) is 0 Å². The average Bonchev–Trinajstić information content (AvgIpc) is 3.38. The molecule has 1 aromatic carbocycles. The van der Waals surface area contributed by atoms with Gasteiger partial charge in [-0.1, -0.05) is 11.6 Å². The number of nitrogens with zero attached hydrogens (tertiary/aromatic N) is 5. The van der Waals surface area contributed by atoms with Gasteiger partial charge in [-0.15, -0.1) is 10.2 Å². The van der Waals surface area contributed by atoms with E-state index in [9.17, 15) is 21.6 Å². The van der Waals surface area contributed by atoms with Crippen LogP contribution in [-0.2, 0) is 16.2 Å². The number of halogens is 4. The van der Waals surface area contributed by atoms with Crippen molar-refractivity contribution >= 4 is 27.3 Å². The molecule has 9 nitrogen and oxygen atoms in total. The van der Waals surface area contributed by atoms with Crippen LogP contribution >= 0.6 is 11.6 Å². The Morgan fingerprint density at radius 1 is 1.19 bits per heavy atom. The summed E-state index contributed by atoms with van der Waals surface area (Å²) >= 11 is 5.60. The van der Waals surface area contributed by atoms with Crippen LogP contribution in [0.25, 0.3) is 17.3 Å². The van der Waals surface area contributed by atoms with Crippen molar-refractivity contribution in [3.8, 4) is 17.3 Å². The van der Waals surface area contributed by atoms with Gasteiger partial charge in [0.1, 0.15) is 17.8 Å². The van der Waals surface area contributed by atoms with Gasteiger partial charge < -0.3 is 0 Å². The number of hydrogen-bond donors (Lipinski definition) is 2. The molecule has 0 saturated heterocycles. The molecule has 0 unspecified atom stereocenters. The summed E-state index contributed by atoms with van der Waals surface area (Å²) in [7, 11) is -4.44. The zero-order valence-corrected chi connectivity index (χ0v) is 17.7. The van der Waals surface area contributed by atoms with Gasteiger partial charge in [0.15, 0.2) is 5.82 Å². The third kappa shape index (κ3) is 4.16. The predicted octanol–water partition coefficient (Wildman–Crippen LogP) is 3.83. The van der Waals surface area contributed by atoms with E-state index in [0.29, 0.717) is 17.4 Å². The maximum Gasteiger partial charge on any atom is 0.417 e. The molecule has 3 heterocycles. The lowest BCUT2D eigenvalue weighted by Gasteiger charge is -2.15. The van der Waals surface area contributed by atoms with E-state index >= 15 is 0 Å². The zero-order valence-electron chi connectivity index (χ0n) is 16.1. The highest BCUT2D eigenvalue weighted by molar-refractivity contribution is 7.92. The number of sulfonamides is 1. The molecule has 0 aliphatic rings. The first kappa shape index (κ1) is 21.8. The third-order valence-electron chi connectivity index (χ3n) is 4.33. The maximum absolute atomic E-state index is 13.2. The molecule has 0 atom stereocenters. The molecular weight excluding hydrogens is 471 g/mol. The van der Waals surface area contributed by atoms with E-state index < -0.39 is 31.7 Å². The molecule has 0 saturated carbocycles. The molecule has 166 valence electrons. The van der Waals surface area contributed by atoms with Crippen molar-refractivity contribution in [3.63, 3.8) is 0 Å². The molecule has 0 amide bonds. The quantitative estimate of drug-likeness (QED) is 0.445. The molecule has 4 rings (SSSR count). The molecule has 0 aliphatic heterocycles. The Balaban J connectivity index is 1.79. The summed E-state index contributed by atoms with van der Waals surface area (Å²) in [5, 5.41) is 13.8. The Morgan fingerprint density at radius 3 is 2.66 bits per heavy atom. The van der Waals surface area contributed by atoms with Gasteiger partial charge >= 0.3 is 6.18 Å². The first-order valence-corrected chi connectivity index (χ1v) is 10.7. The summed E-state index contributed by atoms with van der Waals surface area (Å²) in [5.41, 5.74) is -0.548. The number of pyridine rings is 1. The van der Waals surface area contributed by atoms with E-state index in [-0.39, 0.29) is 17.2 Å². The van der Waals surface area contributed by atoms with Crippen LogP contribution in [-0.4, -0.2) is 38.4 Å². The summed E-state index contributed by atoms with van der Waals surface area (Å²) < 4.78 is 69.2. The highest BCUT2D eigenvalue weighted by atomic mass is 35.5. The van der Waals surface area contributed by atoms with E-state index in [2.05, 4.69) is 30.1 Å². The van der Waals surface area contributed by atoms with Gasteiger partial charge in [-0.2, -0.15) is 18.3 Å². The molecule has 0 bridgehead atoms. The van der Waals surface area contributed by atoms with E-state index in [1.807, 2.05) is 0 Å². The predicted molar refractivity (Wildman–Crippen MR) is 109 cm³/mol. The monoisotopic (exact) mass is 483 g/mol. The van der Waals surface area contributed by atoms with Gasteiger partial charge in [-0.05, 0) is 36.8 Å². The minimum atomic E-state index is -4.82. The second kappa shape index (κ2) is 7.91. The van der Waals surface area contributed by atoms with E-state index in [0.717, 1.165) is 12.1 Å². The normalized spacial score (nSPS) is 12.2. The van der Waals surface area contributed by atoms with Crippen molar-refractivity contribution in [3.05, 3.63) is 65.2 Å². The Morgan fingerprint density at radius 2 is 1.97 bits per heavy atom. The van der Waals surface area contributed by atoms with Crippen LogP contribution in [0.5, 0.6) is 0 Å². The van der Waals surface area contributed by atoms with Gasteiger partial charge in [0.2, 0.25) is 0 Å². The summed E-state index contributed by atoms with van der Waals surface area (Å²) in [6, 6.07) is 5.45. The molecular formula is C18H13ClF3N7O2S. The fourth-order valence-corrected chi connectivity index (χ4v) is 4.18. The second-order valence-electron chi connectivity index (χ2n) is 6.62. The Bertz CT molecular complexity index is 1390. The minimum Gasteiger partial charge on any atom is -0.277 e. The maximum atomic E-state index is 13.2. The first-order chi connectivity index (χ1) is 15.1. The van der Waals surface area contributed by atoms with Gasteiger partial charge in [0.25, 0.3) is 10.0 Å². The number of alkyl halides is 3. The smallest absolute Gasteiger partial charge is 0.277 e. The number of aromatic amines is 1. The molecule has 32 heavy (non-hydrogen) atoms. The van der Waals surface area contributed by atoms with E-state index in [1.165, 1.54) is 29.4 Å². The zero-order chi connectivity index (χ0) is 23.1. The number of rotatable bonds is 5. The van der Waals surface area contributed by atoms with Crippen LogP contribution in [0, 0.1) is 6.92 Å². The van der Waals surface area contributed by atoms with Crippen molar-refractivity contribution < 1.29 is 21.6 Å². The van der Waals surface area contributed by atoms with Crippen LogP contribution in [0.4, 0.5) is 18.9 Å². The lowest BCUT2D eigenvalue weighted by molar-refractivity contribution is -0.137. The summed E-state index contributed by atoms with van der Waals surface area (Å²) in [6.07, 6.45) is -0.455. The summed E-state index contributed by atoms with van der Waals surface area (Å²) in [4.78, 5) is 3.64. The van der Waals surface area contributed by atoms with Crippen molar-refractivity contribution in [1.29, 1.82) is 0 Å². The van der Waals surface area contributed by atoms with Gasteiger partial charge in [0.05, 0.1) is 27.4 Å². The molecule has 3 aromatic heterocycles. The fraction of sp³-hybridized carbons (Fsp3) is 0.111. The number of aromatic nitrogens is 6. The van der Waals surface area contributed by atoms with Crippen LogP contribution in [0.2, 0.25) is 5.02 Å². The number of H-pyrrole nitrogens is 1. The number of anilines is 1. The largest absolute Gasteiger partial charge is 0.417 e. The molecule has 0 aliphatic carbocycles. The number of nitrogens with one attached hydrogen (secondary N) is 2. The second-order valence-corrected chi connectivity index (χ2v) is 8.71. The van der Waals surface area contributed by atoms with E-state index in [4.69, 9.17) is 11.6 Å². The van der Waals surface area contributed by atoms with Crippen molar-refractivity contribution in [2.24, 2.45) is 0 Å². The first-order valence-electron chi connectivity index (χ1n) is 8.82. The Labute approximate surface area is 184 Å². The van der Waals surface area contributed by atoms with Crippen LogP contribution < -0.4 is 4.72 Å². The van der Waals surface area contributed by atoms with Gasteiger partial charge in [-0.25, -0.2) is 8.42 Å².